The molecule has 1 saturated heterocycles. The summed E-state index contributed by atoms with van der Waals surface area (Å²) in [6.07, 6.45) is -0.0168. The Labute approximate surface area is 117 Å². The molecule has 2 aliphatic rings. The first-order chi connectivity index (χ1) is 9.47. The maximum Gasteiger partial charge on any atom is 0.393 e. The Morgan fingerprint density at radius 3 is 2.40 bits per heavy atom. The Balaban J connectivity index is 1.84. The maximum atomic E-state index is 12.9. The van der Waals surface area contributed by atoms with Gasteiger partial charge >= 0.3 is 6.18 Å². The normalized spacial score (nSPS) is 29.1. The van der Waals surface area contributed by atoms with Crippen LogP contribution in [0.15, 0.2) is 0 Å². The van der Waals surface area contributed by atoms with Crippen LogP contribution in [-0.4, -0.2) is 31.2 Å². The lowest BCUT2D eigenvalue weighted by atomic mass is 9.83. The molecule has 20 heavy (non-hydrogen) atoms. The van der Waals surface area contributed by atoms with E-state index in [-0.39, 0.29) is 12.3 Å². The van der Waals surface area contributed by atoms with E-state index in [1.54, 1.807) is 0 Å². The summed E-state index contributed by atoms with van der Waals surface area (Å²) in [5, 5.41) is 5.86. The first kappa shape index (κ1) is 15.6. The van der Waals surface area contributed by atoms with E-state index in [0.29, 0.717) is 25.2 Å². The van der Waals surface area contributed by atoms with Crippen molar-refractivity contribution in [3.8, 4) is 0 Å². The standard InChI is InChI=1S/C14H23F3N2O/c15-14(16,17)11-3-1-2-4-12(11)19-13(20)9-10-5-7-18-8-6-10/h10-12,18H,1-9H2,(H,19,20)/t11-,12-/m0/s1. The fourth-order valence-electron chi connectivity index (χ4n) is 3.31. The molecule has 1 amide bonds. The van der Waals surface area contributed by atoms with Crippen LogP contribution in [0.2, 0.25) is 0 Å². The van der Waals surface area contributed by atoms with Crippen molar-refractivity contribution in [2.24, 2.45) is 11.8 Å². The summed E-state index contributed by atoms with van der Waals surface area (Å²) in [5.41, 5.74) is 0. The van der Waals surface area contributed by atoms with Gasteiger partial charge in [-0.05, 0) is 44.7 Å². The summed E-state index contributed by atoms with van der Waals surface area (Å²) < 4.78 is 38.8. The second-order valence-electron chi connectivity index (χ2n) is 6.00. The van der Waals surface area contributed by atoms with Crippen LogP contribution in [0.1, 0.15) is 44.9 Å². The minimum atomic E-state index is -4.20. The Kier molecular flexibility index (Phi) is 5.29. The Bertz CT molecular complexity index is 327. The van der Waals surface area contributed by atoms with Crippen LogP contribution in [0.4, 0.5) is 13.2 Å². The third-order valence-electron chi connectivity index (χ3n) is 4.47. The number of piperidine rings is 1. The van der Waals surface area contributed by atoms with Crippen molar-refractivity contribution in [3.05, 3.63) is 0 Å². The van der Waals surface area contributed by atoms with Gasteiger partial charge in [0.15, 0.2) is 0 Å². The van der Waals surface area contributed by atoms with Crippen LogP contribution >= 0.6 is 0 Å². The molecule has 1 heterocycles. The Morgan fingerprint density at radius 1 is 1.10 bits per heavy atom. The lowest BCUT2D eigenvalue weighted by molar-refractivity contribution is -0.189. The molecule has 2 rings (SSSR count). The van der Waals surface area contributed by atoms with Gasteiger partial charge in [0.25, 0.3) is 0 Å². The number of halogens is 3. The van der Waals surface area contributed by atoms with Gasteiger partial charge in [-0.25, -0.2) is 0 Å². The summed E-state index contributed by atoms with van der Waals surface area (Å²) in [6, 6.07) is -0.724. The van der Waals surface area contributed by atoms with Gasteiger partial charge in [-0.3, -0.25) is 4.79 Å². The highest BCUT2D eigenvalue weighted by molar-refractivity contribution is 5.76. The van der Waals surface area contributed by atoms with Gasteiger partial charge in [0.1, 0.15) is 0 Å². The second kappa shape index (κ2) is 6.78. The molecule has 1 aliphatic carbocycles. The van der Waals surface area contributed by atoms with Gasteiger partial charge in [-0.15, -0.1) is 0 Å². The molecule has 3 nitrogen and oxygen atoms in total. The van der Waals surface area contributed by atoms with Crippen molar-refractivity contribution >= 4 is 5.91 Å². The summed E-state index contributed by atoms with van der Waals surface area (Å²) in [5.74, 6) is -1.27. The lowest BCUT2D eigenvalue weighted by Crippen LogP contribution is -2.48. The molecular formula is C14H23F3N2O. The molecule has 1 aliphatic heterocycles. The van der Waals surface area contributed by atoms with Crippen LogP contribution in [0.25, 0.3) is 0 Å². The molecule has 2 N–H and O–H groups in total. The number of rotatable bonds is 3. The van der Waals surface area contributed by atoms with Gasteiger partial charge in [0, 0.05) is 12.5 Å². The minimum Gasteiger partial charge on any atom is -0.353 e. The van der Waals surface area contributed by atoms with E-state index < -0.39 is 18.1 Å². The smallest absolute Gasteiger partial charge is 0.353 e. The third kappa shape index (κ3) is 4.36. The van der Waals surface area contributed by atoms with Crippen LogP contribution in [0.3, 0.4) is 0 Å². The summed E-state index contributed by atoms with van der Waals surface area (Å²) in [6.45, 7) is 1.79. The number of alkyl halides is 3. The van der Waals surface area contributed by atoms with Gasteiger partial charge in [0.05, 0.1) is 5.92 Å². The molecule has 0 aromatic carbocycles. The molecule has 2 fully saturated rings. The van der Waals surface area contributed by atoms with Crippen LogP contribution in [-0.2, 0) is 4.79 Å². The summed E-state index contributed by atoms with van der Waals surface area (Å²) in [7, 11) is 0. The number of hydrogen-bond donors (Lipinski definition) is 2. The predicted octanol–water partition coefficient (Wildman–Crippen LogP) is 2.61. The fraction of sp³-hybridized carbons (Fsp3) is 0.929. The van der Waals surface area contributed by atoms with Gasteiger partial charge in [-0.2, -0.15) is 13.2 Å². The Hall–Kier alpha value is -0.780. The zero-order chi connectivity index (χ0) is 14.6. The van der Waals surface area contributed by atoms with Crippen LogP contribution in [0.5, 0.6) is 0 Å². The van der Waals surface area contributed by atoms with E-state index in [9.17, 15) is 18.0 Å². The summed E-state index contributed by atoms with van der Waals surface area (Å²) in [4.78, 5) is 12.0. The monoisotopic (exact) mass is 292 g/mol. The highest BCUT2D eigenvalue weighted by atomic mass is 19.4. The zero-order valence-electron chi connectivity index (χ0n) is 11.6. The molecule has 116 valence electrons. The average molecular weight is 292 g/mol. The lowest BCUT2D eigenvalue weighted by Gasteiger charge is -2.34. The summed E-state index contributed by atoms with van der Waals surface area (Å²) >= 11 is 0. The molecule has 6 heteroatoms. The third-order valence-corrected chi connectivity index (χ3v) is 4.47. The average Bonchev–Trinajstić information content (AvgIpc) is 2.39. The molecule has 1 saturated carbocycles. The van der Waals surface area contributed by atoms with E-state index in [4.69, 9.17) is 0 Å². The van der Waals surface area contributed by atoms with Crippen molar-refractivity contribution in [2.75, 3.05) is 13.1 Å². The van der Waals surface area contributed by atoms with E-state index in [2.05, 4.69) is 10.6 Å². The van der Waals surface area contributed by atoms with E-state index in [1.807, 2.05) is 0 Å². The minimum absolute atomic E-state index is 0.141. The van der Waals surface area contributed by atoms with Crippen molar-refractivity contribution in [1.82, 2.24) is 10.6 Å². The number of nitrogens with one attached hydrogen (secondary N) is 2. The number of carbonyl (C=O) groups is 1. The topological polar surface area (TPSA) is 41.1 Å². The zero-order valence-corrected chi connectivity index (χ0v) is 11.6. The van der Waals surface area contributed by atoms with Crippen molar-refractivity contribution in [1.29, 1.82) is 0 Å². The van der Waals surface area contributed by atoms with Crippen molar-refractivity contribution in [3.63, 3.8) is 0 Å². The first-order valence-electron chi connectivity index (χ1n) is 7.53. The van der Waals surface area contributed by atoms with Crippen LogP contribution in [0, 0.1) is 11.8 Å². The van der Waals surface area contributed by atoms with Crippen molar-refractivity contribution < 1.29 is 18.0 Å². The largest absolute Gasteiger partial charge is 0.393 e. The molecule has 0 aromatic heterocycles. The number of carbonyl (C=O) groups excluding carboxylic acids is 1. The Morgan fingerprint density at radius 2 is 1.75 bits per heavy atom. The molecule has 0 radical (unpaired) electrons. The number of hydrogen-bond acceptors (Lipinski definition) is 2. The van der Waals surface area contributed by atoms with Gasteiger partial charge < -0.3 is 10.6 Å². The van der Waals surface area contributed by atoms with Crippen LogP contribution < -0.4 is 10.6 Å². The van der Waals surface area contributed by atoms with Crippen molar-refractivity contribution in [2.45, 2.75) is 57.2 Å². The molecule has 0 unspecified atom stereocenters. The predicted molar refractivity (Wildman–Crippen MR) is 70.2 cm³/mol. The van der Waals surface area contributed by atoms with Gasteiger partial charge in [-0.1, -0.05) is 12.8 Å². The quantitative estimate of drug-likeness (QED) is 0.839. The molecular weight excluding hydrogens is 269 g/mol. The van der Waals surface area contributed by atoms with E-state index >= 15 is 0 Å². The highest BCUT2D eigenvalue weighted by Crippen LogP contribution is 2.37. The number of amides is 1. The first-order valence-corrected chi connectivity index (χ1v) is 7.53. The van der Waals surface area contributed by atoms with E-state index in [0.717, 1.165) is 32.4 Å². The second-order valence-corrected chi connectivity index (χ2v) is 6.00. The molecule has 2 atom stereocenters. The SMILES string of the molecule is O=C(CC1CCNCC1)N[C@H]1CCCC[C@@H]1C(F)(F)F. The maximum absolute atomic E-state index is 12.9. The van der Waals surface area contributed by atoms with Gasteiger partial charge in [0.2, 0.25) is 5.91 Å². The molecule has 0 bridgehead atoms. The molecule has 0 aromatic rings. The highest BCUT2D eigenvalue weighted by Gasteiger charge is 2.45. The van der Waals surface area contributed by atoms with E-state index in [1.165, 1.54) is 0 Å². The fourth-order valence-corrected chi connectivity index (χ4v) is 3.31. The molecule has 0 spiro atoms.